The van der Waals surface area contributed by atoms with E-state index < -0.39 is 0 Å². The van der Waals surface area contributed by atoms with Crippen LogP contribution in [0.15, 0.2) is 24.3 Å². The summed E-state index contributed by atoms with van der Waals surface area (Å²) in [6.45, 7) is 5.31. The SMILES string of the molecule is CCNc1nc(C)c(C(=O)N(C)CCc2ccccc2OC)s1. The van der Waals surface area contributed by atoms with Gasteiger partial charge in [0.15, 0.2) is 5.13 Å². The van der Waals surface area contributed by atoms with Gasteiger partial charge in [0.2, 0.25) is 0 Å². The predicted molar refractivity (Wildman–Crippen MR) is 94.7 cm³/mol. The molecular weight excluding hydrogens is 310 g/mol. The van der Waals surface area contributed by atoms with Crippen molar-refractivity contribution >= 4 is 22.4 Å². The van der Waals surface area contributed by atoms with E-state index in [1.165, 1.54) is 11.3 Å². The summed E-state index contributed by atoms with van der Waals surface area (Å²) >= 11 is 1.41. The molecule has 0 aliphatic carbocycles. The molecule has 0 saturated carbocycles. The second kappa shape index (κ2) is 7.97. The van der Waals surface area contributed by atoms with Crippen LogP contribution in [0.1, 0.15) is 27.9 Å². The highest BCUT2D eigenvalue weighted by Crippen LogP contribution is 2.24. The number of anilines is 1. The number of carbonyl (C=O) groups excluding carboxylic acids is 1. The predicted octanol–water partition coefficient (Wildman–Crippen LogP) is 3.21. The molecule has 0 unspecified atom stereocenters. The standard InChI is InChI=1S/C17H23N3O2S/c1-5-18-17-19-12(2)15(23-17)16(21)20(3)11-10-13-8-6-7-9-14(13)22-4/h6-9H,5,10-11H2,1-4H3,(H,18,19). The number of benzene rings is 1. The van der Waals surface area contributed by atoms with E-state index in [9.17, 15) is 4.79 Å². The Kier molecular flexibility index (Phi) is 5.98. The quantitative estimate of drug-likeness (QED) is 0.845. The van der Waals surface area contributed by atoms with Crippen LogP contribution >= 0.6 is 11.3 Å². The number of likely N-dealkylation sites (N-methyl/N-ethyl adjacent to an activating group) is 1. The van der Waals surface area contributed by atoms with Crippen LogP contribution < -0.4 is 10.1 Å². The van der Waals surface area contributed by atoms with E-state index in [0.29, 0.717) is 11.4 Å². The lowest BCUT2D eigenvalue weighted by Gasteiger charge is -2.17. The van der Waals surface area contributed by atoms with Gasteiger partial charge in [-0.25, -0.2) is 4.98 Å². The van der Waals surface area contributed by atoms with Crippen LogP contribution in [-0.2, 0) is 6.42 Å². The zero-order valence-electron chi connectivity index (χ0n) is 14.0. The van der Waals surface area contributed by atoms with E-state index in [1.807, 2.05) is 45.2 Å². The number of amides is 1. The van der Waals surface area contributed by atoms with Gasteiger partial charge in [-0.2, -0.15) is 0 Å². The van der Waals surface area contributed by atoms with Crippen molar-refractivity contribution in [3.8, 4) is 5.75 Å². The number of ether oxygens (including phenoxy) is 1. The highest BCUT2D eigenvalue weighted by molar-refractivity contribution is 7.17. The summed E-state index contributed by atoms with van der Waals surface area (Å²) in [6, 6.07) is 7.89. The molecule has 5 nitrogen and oxygen atoms in total. The summed E-state index contributed by atoms with van der Waals surface area (Å²) in [7, 11) is 3.49. The van der Waals surface area contributed by atoms with E-state index in [2.05, 4.69) is 10.3 Å². The molecule has 6 heteroatoms. The summed E-state index contributed by atoms with van der Waals surface area (Å²) in [5.74, 6) is 0.871. The molecule has 2 rings (SSSR count). The highest BCUT2D eigenvalue weighted by atomic mass is 32.1. The van der Waals surface area contributed by atoms with Crippen molar-refractivity contribution in [1.29, 1.82) is 0 Å². The number of aromatic nitrogens is 1. The number of rotatable bonds is 7. The maximum atomic E-state index is 12.6. The monoisotopic (exact) mass is 333 g/mol. The third-order valence-electron chi connectivity index (χ3n) is 3.57. The molecule has 1 aromatic carbocycles. The first kappa shape index (κ1) is 17.3. The molecule has 0 spiro atoms. The van der Waals surface area contributed by atoms with Gasteiger partial charge < -0.3 is 15.0 Å². The first-order chi connectivity index (χ1) is 11.1. The van der Waals surface area contributed by atoms with Gasteiger partial charge in [0.1, 0.15) is 10.6 Å². The molecule has 23 heavy (non-hydrogen) atoms. The molecule has 0 atom stereocenters. The molecule has 1 heterocycles. The number of nitrogens with zero attached hydrogens (tertiary/aromatic N) is 2. The molecule has 1 amide bonds. The summed E-state index contributed by atoms with van der Waals surface area (Å²) < 4.78 is 5.35. The molecule has 0 aliphatic rings. The molecule has 124 valence electrons. The number of aryl methyl sites for hydroxylation is 1. The van der Waals surface area contributed by atoms with Crippen LogP contribution in [0.4, 0.5) is 5.13 Å². The zero-order chi connectivity index (χ0) is 16.8. The smallest absolute Gasteiger partial charge is 0.265 e. The van der Waals surface area contributed by atoms with Crippen LogP contribution in [0.5, 0.6) is 5.75 Å². The molecule has 0 radical (unpaired) electrons. The molecule has 0 aliphatic heterocycles. The second-order valence-electron chi connectivity index (χ2n) is 5.25. The van der Waals surface area contributed by atoms with Crippen LogP contribution in [0.2, 0.25) is 0 Å². The van der Waals surface area contributed by atoms with E-state index >= 15 is 0 Å². The van der Waals surface area contributed by atoms with Crippen LogP contribution in [0.3, 0.4) is 0 Å². The molecule has 1 N–H and O–H groups in total. The number of hydrogen-bond acceptors (Lipinski definition) is 5. The van der Waals surface area contributed by atoms with E-state index in [0.717, 1.165) is 35.1 Å². The Hall–Kier alpha value is -2.08. The highest BCUT2D eigenvalue weighted by Gasteiger charge is 2.19. The fourth-order valence-corrected chi connectivity index (χ4v) is 3.32. The number of nitrogens with one attached hydrogen (secondary N) is 1. The van der Waals surface area contributed by atoms with Gasteiger partial charge in [0.05, 0.1) is 12.8 Å². The zero-order valence-corrected chi connectivity index (χ0v) is 14.9. The summed E-state index contributed by atoms with van der Waals surface area (Å²) in [6.07, 6.45) is 0.754. The lowest BCUT2D eigenvalue weighted by molar-refractivity contribution is 0.0800. The fraction of sp³-hybridized carbons (Fsp3) is 0.412. The number of carbonyl (C=O) groups is 1. The number of thiazole rings is 1. The maximum absolute atomic E-state index is 12.6. The maximum Gasteiger partial charge on any atom is 0.265 e. The van der Waals surface area contributed by atoms with Crippen LogP contribution in [0, 0.1) is 6.92 Å². The van der Waals surface area contributed by atoms with Gasteiger partial charge in [0.25, 0.3) is 5.91 Å². The summed E-state index contributed by atoms with van der Waals surface area (Å²) in [5, 5.41) is 3.95. The Morgan fingerprint density at radius 3 is 2.83 bits per heavy atom. The minimum Gasteiger partial charge on any atom is -0.496 e. The average Bonchev–Trinajstić information content (AvgIpc) is 2.93. The normalized spacial score (nSPS) is 10.4. The lowest BCUT2D eigenvalue weighted by atomic mass is 10.1. The van der Waals surface area contributed by atoms with Crippen molar-refractivity contribution in [1.82, 2.24) is 9.88 Å². The lowest BCUT2D eigenvalue weighted by Crippen LogP contribution is -2.28. The van der Waals surface area contributed by atoms with Crippen molar-refractivity contribution in [2.75, 3.05) is 32.6 Å². The summed E-state index contributed by atoms with van der Waals surface area (Å²) in [4.78, 5) is 19.4. The van der Waals surface area contributed by atoms with Gasteiger partial charge in [-0.3, -0.25) is 4.79 Å². The number of methoxy groups -OCH3 is 1. The average molecular weight is 333 g/mol. The van der Waals surface area contributed by atoms with Gasteiger partial charge in [-0.1, -0.05) is 29.5 Å². The van der Waals surface area contributed by atoms with Gasteiger partial charge in [-0.15, -0.1) is 0 Å². The van der Waals surface area contributed by atoms with Gasteiger partial charge in [0, 0.05) is 20.1 Å². The Bertz CT molecular complexity index is 670. The van der Waals surface area contributed by atoms with Crippen molar-refractivity contribution in [2.45, 2.75) is 20.3 Å². The fourth-order valence-electron chi connectivity index (χ4n) is 2.29. The summed E-state index contributed by atoms with van der Waals surface area (Å²) in [5.41, 5.74) is 1.88. The number of para-hydroxylation sites is 1. The van der Waals surface area contributed by atoms with Crippen molar-refractivity contribution in [3.05, 3.63) is 40.4 Å². The second-order valence-corrected chi connectivity index (χ2v) is 6.25. The molecule has 2 aromatic rings. The number of hydrogen-bond donors (Lipinski definition) is 1. The van der Waals surface area contributed by atoms with Crippen molar-refractivity contribution < 1.29 is 9.53 Å². The van der Waals surface area contributed by atoms with Gasteiger partial charge >= 0.3 is 0 Å². The largest absolute Gasteiger partial charge is 0.496 e. The molecular formula is C17H23N3O2S. The van der Waals surface area contributed by atoms with Crippen LogP contribution in [0.25, 0.3) is 0 Å². The molecule has 0 fully saturated rings. The Labute approximate surface area is 141 Å². The first-order valence-electron chi connectivity index (χ1n) is 7.65. The van der Waals surface area contributed by atoms with Crippen molar-refractivity contribution in [3.63, 3.8) is 0 Å². The van der Waals surface area contributed by atoms with Crippen molar-refractivity contribution in [2.24, 2.45) is 0 Å². The molecule has 0 bridgehead atoms. The minimum atomic E-state index is 0.0130. The topological polar surface area (TPSA) is 54.5 Å². The van der Waals surface area contributed by atoms with Gasteiger partial charge in [-0.05, 0) is 31.9 Å². The van der Waals surface area contributed by atoms with E-state index in [1.54, 1.807) is 12.0 Å². The molecule has 0 saturated heterocycles. The Morgan fingerprint density at radius 2 is 2.13 bits per heavy atom. The van der Waals surface area contributed by atoms with Crippen LogP contribution in [-0.4, -0.2) is 43.0 Å². The Morgan fingerprint density at radius 1 is 1.39 bits per heavy atom. The Balaban J connectivity index is 2.02. The third kappa shape index (κ3) is 4.22. The minimum absolute atomic E-state index is 0.0130. The molecule has 1 aromatic heterocycles. The first-order valence-corrected chi connectivity index (χ1v) is 8.47. The van der Waals surface area contributed by atoms with E-state index in [-0.39, 0.29) is 5.91 Å². The third-order valence-corrected chi connectivity index (χ3v) is 4.68. The van der Waals surface area contributed by atoms with E-state index in [4.69, 9.17) is 4.74 Å².